The van der Waals surface area contributed by atoms with Crippen LogP contribution in [-0.2, 0) is 17.8 Å². The summed E-state index contributed by atoms with van der Waals surface area (Å²) in [5.74, 6) is -0.274. The molecule has 3 nitrogen and oxygen atoms in total. The summed E-state index contributed by atoms with van der Waals surface area (Å²) in [7, 11) is 1.71. The third-order valence-corrected chi connectivity index (χ3v) is 4.63. The number of nitrogens with zero attached hydrogens (tertiary/aromatic N) is 1. The summed E-state index contributed by atoms with van der Waals surface area (Å²) < 4.78 is 21.3. The summed E-state index contributed by atoms with van der Waals surface area (Å²) in [6.45, 7) is 2.82. The Morgan fingerprint density at radius 3 is 2.80 bits per heavy atom. The minimum absolute atomic E-state index is 0.274. The second kappa shape index (κ2) is 8.48. The molecule has 3 aromatic rings. The summed E-state index contributed by atoms with van der Waals surface area (Å²) in [6.07, 6.45) is 3.05. The third-order valence-electron chi connectivity index (χ3n) is 4.28. The lowest BCUT2D eigenvalue weighted by molar-refractivity contribution is 0.194. The van der Waals surface area contributed by atoms with E-state index in [0.29, 0.717) is 17.1 Å². The monoisotopic (exact) mass is 360 g/mol. The van der Waals surface area contributed by atoms with Crippen molar-refractivity contribution in [2.24, 2.45) is 0 Å². The summed E-state index contributed by atoms with van der Waals surface area (Å²) in [5, 5.41) is 5.07. The Morgan fingerprint density at radius 2 is 2.00 bits per heavy atom. The molecular weight excluding hydrogens is 339 g/mol. The van der Waals surface area contributed by atoms with Crippen molar-refractivity contribution in [3.05, 3.63) is 70.6 Å². The van der Waals surface area contributed by atoms with Crippen LogP contribution in [0.1, 0.15) is 17.5 Å². The van der Waals surface area contributed by atoms with Crippen molar-refractivity contribution in [2.45, 2.75) is 19.5 Å². The molecule has 0 amide bonds. The topological polar surface area (TPSA) is 26.2 Å². The van der Waals surface area contributed by atoms with Gasteiger partial charge in [0.1, 0.15) is 5.82 Å². The summed E-state index contributed by atoms with van der Waals surface area (Å²) in [4.78, 5) is 0. The Bertz CT molecular complexity index is 827. The number of ether oxygens (including phenoxy) is 1. The first kappa shape index (κ1) is 17.9. The second-order valence-electron chi connectivity index (χ2n) is 6.02. The molecule has 0 aliphatic heterocycles. The molecule has 2 aromatic carbocycles. The summed E-state index contributed by atoms with van der Waals surface area (Å²) in [5.41, 5.74) is 2.79. The van der Waals surface area contributed by atoms with Crippen LogP contribution in [0.25, 0.3) is 10.9 Å². The fourth-order valence-corrected chi connectivity index (χ4v) is 3.24. The maximum absolute atomic E-state index is 14.1. The molecule has 1 aromatic heterocycles. The fraction of sp³-hybridized carbons (Fsp3) is 0.300. The van der Waals surface area contributed by atoms with Gasteiger partial charge in [-0.05, 0) is 36.7 Å². The lowest BCUT2D eigenvalue weighted by atomic mass is 10.2. The van der Waals surface area contributed by atoms with E-state index in [1.807, 2.05) is 12.1 Å². The number of methoxy groups -OCH3 is 1. The quantitative estimate of drug-likeness (QED) is 0.594. The van der Waals surface area contributed by atoms with Gasteiger partial charge >= 0.3 is 0 Å². The molecule has 1 N–H and O–H groups in total. The molecule has 0 radical (unpaired) electrons. The largest absolute Gasteiger partial charge is 0.385 e. The maximum Gasteiger partial charge on any atom is 0.129 e. The van der Waals surface area contributed by atoms with Gasteiger partial charge in [-0.1, -0.05) is 35.9 Å². The SMILES string of the molecule is COCCCNCc1cn(Cc2c(F)cccc2Cl)c2ccccc12. The van der Waals surface area contributed by atoms with Gasteiger partial charge in [0, 0.05) is 47.9 Å². The van der Waals surface area contributed by atoms with Crippen molar-refractivity contribution in [2.75, 3.05) is 20.3 Å². The molecule has 0 unspecified atom stereocenters. The predicted molar refractivity (Wildman–Crippen MR) is 101 cm³/mol. The molecule has 132 valence electrons. The third kappa shape index (κ3) is 4.21. The highest BCUT2D eigenvalue weighted by atomic mass is 35.5. The first-order chi connectivity index (χ1) is 12.2. The van der Waals surface area contributed by atoms with Gasteiger partial charge in [-0.3, -0.25) is 0 Å². The Hall–Kier alpha value is -1.88. The van der Waals surface area contributed by atoms with Crippen molar-refractivity contribution in [3.8, 4) is 0 Å². The van der Waals surface area contributed by atoms with Crippen LogP contribution in [0.15, 0.2) is 48.7 Å². The lowest BCUT2D eigenvalue weighted by Crippen LogP contribution is -2.15. The van der Waals surface area contributed by atoms with Crippen molar-refractivity contribution in [1.82, 2.24) is 9.88 Å². The number of hydrogen-bond acceptors (Lipinski definition) is 2. The van der Waals surface area contributed by atoms with Crippen LogP contribution in [0.5, 0.6) is 0 Å². The molecule has 0 saturated heterocycles. The normalized spacial score (nSPS) is 11.3. The van der Waals surface area contributed by atoms with Crippen molar-refractivity contribution in [3.63, 3.8) is 0 Å². The van der Waals surface area contributed by atoms with E-state index in [9.17, 15) is 4.39 Å². The van der Waals surface area contributed by atoms with Crippen molar-refractivity contribution < 1.29 is 9.13 Å². The molecule has 1 heterocycles. The number of aromatic nitrogens is 1. The Labute approximate surface area is 152 Å². The van der Waals surface area contributed by atoms with E-state index in [0.717, 1.165) is 31.6 Å². The Balaban J connectivity index is 1.84. The zero-order chi connectivity index (χ0) is 17.6. The van der Waals surface area contributed by atoms with Crippen LogP contribution >= 0.6 is 11.6 Å². The molecule has 0 saturated carbocycles. The average molecular weight is 361 g/mol. The molecule has 0 atom stereocenters. The van der Waals surface area contributed by atoms with E-state index >= 15 is 0 Å². The number of fused-ring (bicyclic) bond motifs is 1. The summed E-state index contributed by atoms with van der Waals surface area (Å²) in [6, 6.07) is 13.0. The first-order valence-corrected chi connectivity index (χ1v) is 8.78. The minimum Gasteiger partial charge on any atom is -0.385 e. The second-order valence-corrected chi connectivity index (χ2v) is 6.43. The number of halogens is 2. The number of benzene rings is 2. The molecule has 0 bridgehead atoms. The first-order valence-electron chi connectivity index (χ1n) is 8.40. The number of hydrogen-bond donors (Lipinski definition) is 1. The number of nitrogens with one attached hydrogen (secondary N) is 1. The molecule has 0 spiro atoms. The van der Waals surface area contributed by atoms with Gasteiger partial charge in [0.2, 0.25) is 0 Å². The molecule has 0 aliphatic carbocycles. The van der Waals surface area contributed by atoms with E-state index < -0.39 is 0 Å². The van der Waals surface area contributed by atoms with Gasteiger partial charge in [0.15, 0.2) is 0 Å². The van der Waals surface area contributed by atoms with Crippen LogP contribution < -0.4 is 5.32 Å². The maximum atomic E-state index is 14.1. The smallest absolute Gasteiger partial charge is 0.129 e. The zero-order valence-corrected chi connectivity index (χ0v) is 15.0. The van der Waals surface area contributed by atoms with Gasteiger partial charge in [0.25, 0.3) is 0 Å². The van der Waals surface area contributed by atoms with Gasteiger partial charge in [0.05, 0.1) is 6.54 Å². The van der Waals surface area contributed by atoms with E-state index in [1.54, 1.807) is 19.2 Å². The Morgan fingerprint density at radius 1 is 1.16 bits per heavy atom. The fourth-order valence-electron chi connectivity index (χ4n) is 3.01. The van der Waals surface area contributed by atoms with Gasteiger partial charge in [-0.2, -0.15) is 0 Å². The summed E-state index contributed by atoms with van der Waals surface area (Å²) >= 11 is 6.19. The van der Waals surface area contributed by atoms with Crippen LogP contribution in [0, 0.1) is 5.82 Å². The Kier molecular flexibility index (Phi) is 6.08. The van der Waals surface area contributed by atoms with Crippen molar-refractivity contribution >= 4 is 22.5 Å². The molecule has 3 rings (SSSR count). The van der Waals surface area contributed by atoms with Gasteiger partial charge < -0.3 is 14.6 Å². The zero-order valence-electron chi connectivity index (χ0n) is 14.3. The average Bonchev–Trinajstić information content (AvgIpc) is 2.96. The highest BCUT2D eigenvalue weighted by molar-refractivity contribution is 6.31. The lowest BCUT2D eigenvalue weighted by Gasteiger charge is -2.08. The number of rotatable bonds is 8. The van der Waals surface area contributed by atoms with Crippen LogP contribution in [0.3, 0.4) is 0 Å². The van der Waals surface area contributed by atoms with E-state index in [-0.39, 0.29) is 5.82 Å². The minimum atomic E-state index is -0.274. The molecule has 0 fully saturated rings. The predicted octanol–water partition coefficient (Wildman–Crippen LogP) is 4.61. The van der Waals surface area contributed by atoms with Crippen molar-refractivity contribution in [1.29, 1.82) is 0 Å². The number of para-hydroxylation sites is 1. The highest BCUT2D eigenvalue weighted by Gasteiger charge is 2.12. The van der Waals surface area contributed by atoms with E-state index in [4.69, 9.17) is 16.3 Å². The molecule has 0 aliphatic rings. The highest BCUT2D eigenvalue weighted by Crippen LogP contribution is 2.25. The van der Waals surface area contributed by atoms with E-state index in [2.05, 4.69) is 28.2 Å². The van der Waals surface area contributed by atoms with Crippen LogP contribution in [-0.4, -0.2) is 24.8 Å². The molecular formula is C20H22ClFN2O. The standard InChI is InChI=1S/C20H22ClFN2O/c1-25-11-5-10-23-12-15-13-24(20-9-3-2-6-16(15)20)14-17-18(21)7-4-8-19(17)22/h2-4,6-9,13,23H,5,10-12,14H2,1H3. The van der Waals surface area contributed by atoms with Gasteiger partial charge in [-0.15, -0.1) is 0 Å². The van der Waals surface area contributed by atoms with E-state index in [1.165, 1.54) is 17.0 Å². The molecule has 25 heavy (non-hydrogen) atoms. The van der Waals surface area contributed by atoms with Crippen LogP contribution in [0.4, 0.5) is 4.39 Å². The van der Waals surface area contributed by atoms with Crippen LogP contribution in [0.2, 0.25) is 5.02 Å². The molecule has 5 heteroatoms. The van der Waals surface area contributed by atoms with Gasteiger partial charge in [-0.25, -0.2) is 4.39 Å².